The lowest BCUT2D eigenvalue weighted by Crippen LogP contribution is -2.29. The molecule has 1 aromatic rings. The number of hydrogen-bond acceptors (Lipinski definition) is 2. The Bertz CT molecular complexity index is 246. The van der Waals surface area contributed by atoms with Gasteiger partial charge < -0.3 is 10.6 Å². The number of hydrogen-bond donors (Lipinski definition) is 2. The molecule has 2 nitrogen and oxygen atoms in total. The number of nitrogens with one attached hydrogen (secondary N) is 2. The molecular weight excluding hydrogens is 184 g/mol. The molecule has 1 rings (SSSR count). The van der Waals surface area contributed by atoms with Crippen molar-refractivity contribution in [2.75, 3.05) is 19.6 Å². The summed E-state index contributed by atoms with van der Waals surface area (Å²) < 4.78 is 0. The molecule has 0 aliphatic rings. The van der Waals surface area contributed by atoms with Crippen LogP contribution in [0.25, 0.3) is 0 Å². The Morgan fingerprint density at radius 3 is 2.40 bits per heavy atom. The molecule has 0 radical (unpaired) electrons. The van der Waals surface area contributed by atoms with Crippen molar-refractivity contribution >= 4 is 0 Å². The third kappa shape index (κ3) is 5.55. The first-order valence-corrected chi connectivity index (χ1v) is 5.78. The van der Waals surface area contributed by atoms with Crippen LogP contribution in [0.3, 0.4) is 0 Å². The van der Waals surface area contributed by atoms with E-state index < -0.39 is 0 Å². The second-order valence-electron chi connectivity index (χ2n) is 4.03. The Kier molecular flexibility index (Phi) is 6.05. The van der Waals surface area contributed by atoms with Gasteiger partial charge in [0.05, 0.1) is 0 Å². The summed E-state index contributed by atoms with van der Waals surface area (Å²) in [6, 6.07) is 10.5. The van der Waals surface area contributed by atoms with E-state index in [9.17, 15) is 0 Å². The first kappa shape index (κ1) is 12.2. The molecule has 0 fully saturated rings. The van der Waals surface area contributed by atoms with Crippen molar-refractivity contribution in [1.29, 1.82) is 0 Å². The molecule has 15 heavy (non-hydrogen) atoms. The molecule has 0 bridgehead atoms. The summed E-state index contributed by atoms with van der Waals surface area (Å²) >= 11 is 0. The van der Waals surface area contributed by atoms with Gasteiger partial charge in [-0.15, -0.1) is 0 Å². The Balaban J connectivity index is 2.11. The summed E-state index contributed by atoms with van der Waals surface area (Å²) in [7, 11) is 0. The topological polar surface area (TPSA) is 24.1 Å². The van der Waals surface area contributed by atoms with Crippen molar-refractivity contribution in [2.24, 2.45) is 5.92 Å². The Morgan fingerprint density at radius 1 is 1.07 bits per heavy atom. The fraction of sp³-hybridized carbons (Fsp3) is 0.538. The maximum Gasteiger partial charge on any atom is 0.0205 e. The van der Waals surface area contributed by atoms with Crippen LogP contribution in [-0.2, 0) is 6.54 Å². The Labute approximate surface area is 93.1 Å². The van der Waals surface area contributed by atoms with Gasteiger partial charge in [0.25, 0.3) is 0 Å². The second-order valence-corrected chi connectivity index (χ2v) is 4.03. The molecule has 0 heterocycles. The predicted octanol–water partition coefficient (Wildman–Crippen LogP) is 2.02. The summed E-state index contributed by atoms with van der Waals surface area (Å²) in [5.41, 5.74) is 1.35. The van der Waals surface area contributed by atoms with E-state index in [1.807, 2.05) is 0 Å². The van der Waals surface area contributed by atoms with Gasteiger partial charge in [-0.05, 0) is 31.1 Å². The van der Waals surface area contributed by atoms with Crippen LogP contribution in [0, 0.1) is 5.92 Å². The zero-order chi connectivity index (χ0) is 10.9. The first-order valence-electron chi connectivity index (χ1n) is 5.78. The standard InChI is InChI=1S/C13H22N2/c1-3-14-9-12(2)10-15-11-13-7-5-4-6-8-13/h4-8,12,14-15H,3,9-11H2,1-2H3. The molecule has 1 aromatic carbocycles. The summed E-state index contributed by atoms with van der Waals surface area (Å²) in [6.45, 7) is 8.60. The van der Waals surface area contributed by atoms with E-state index in [0.29, 0.717) is 5.92 Å². The van der Waals surface area contributed by atoms with Crippen LogP contribution < -0.4 is 10.6 Å². The van der Waals surface area contributed by atoms with Crippen LogP contribution in [0.15, 0.2) is 30.3 Å². The molecule has 0 saturated carbocycles. The van der Waals surface area contributed by atoms with Crippen molar-refractivity contribution in [1.82, 2.24) is 10.6 Å². The monoisotopic (exact) mass is 206 g/mol. The molecule has 0 aromatic heterocycles. The molecule has 0 saturated heterocycles. The number of rotatable bonds is 7. The normalized spacial score (nSPS) is 12.7. The van der Waals surface area contributed by atoms with Crippen LogP contribution in [-0.4, -0.2) is 19.6 Å². The van der Waals surface area contributed by atoms with Crippen LogP contribution in [0.4, 0.5) is 0 Å². The summed E-state index contributed by atoms with van der Waals surface area (Å²) in [5.74, 6) is 0.689. The maximum atomic E-state index is 3.47. The van der Waals surface area contributed by atoms with E-state index >= 15 is 0 Å². The molecule has 1 atom stereocenters. The van der Waals surface area contributed by atoms with Crippen LogP contribution in [0.1, 0.15) is 19.4 Å². The van der Waals surface area contributed by atoms with Crippen molar-refractivity contribution in [3.05, 3.63) is 35.9 Å². The average Bonchev–Trinajstić information content (AvgIpc) is 2.28. The molecule has 0 amide bonds. The summed E-state index contributed by atoms with van der Waals surface area (Å²) in [6.07, 6.45) is 0. The van der Waals surface area contributed by atoms with E-state index in [-0.39, 0.29) is 0 Å². The highest BCUT2D eigenvalue weighted by Crippen LogP contribution is 1.98. The third-order valence-corrected chi connectivity index (χ3v) is 2.41. The van der Waals surface area contributed by atoms with Gasteiger partial charge in [0, 0.05) is 6.54 Å². The molecular formula is C13H22N2. The number of benzene rings is 1. The predicted molar refractivity (Wildman–Crippen MR) is 65.9 cm³/mol. The fourth-order valence-corrected chi connectivity index (χ4v) is 1.52. The molecule has 0 aliphatic heterocycles. The summed E-state index contributed by atoms with van der Waals surface area (Å²) in [4.78, 5) is 0. The van der Waals surface area contributed by atoms with Gasteiger partial charge in [-0.2, -0.15) is 0 Å². The van der Waals surface area contributed by atoms with Gasteiger partial charge in [-0.1, -0.05) is 44.2 Å². The highest BCUT2D eigenvalue weighted by Gasteiger charge is 1.99. The van der Waals surface area contributed by atoms with E-state index in [0.717, 1.165) is 26.2 Å². The van der Waals surface area contributed by atoms with Gasteiger partial charge in [-0.3, -0.25) is 0 Å². The van der Waals surface area contributed by atoms with E-state index in [4.69, 9.17) is 0 Å². The quantitative estimate of drug-likeness (QED) is 0.713. The second kappa shape index (κ2) is 7.43. The van der Waals surface area contributed by atoms with E-state index in [1.165, 1.54) is 5.56 Å². The SMILES string of the molecule is CCNCC(C)CNCc1ccccc1. The van der Waals surface area contributed by atoms with E-state index in [2.05, 4.69) is 54.8 Å². The smallest absolute Gasteiger partial charge is 0.0205 e. The Hall–Kier alpha value is -0.860. The molecule has 84 valence electrons. The minimum atomic E-state index is 0.689. The van der Waals surface area contributed by atoms with Crippen molar-refractivity contribution in [2.45, 2.75) is 20.4 Å². The van der Waals surface area contributed by atoms with Crippen molar-refractivity contribution in [3.63, 3.8) is 0 Å². The molecule has 1 unspecified atom stereocenters. The lowest BCUT2D eigenvalue weighted by atomic mass is 10.1. The van der Waals surface area contributed by atoms with Gasteiger partial charge >= 0.3 is 0 Å². The highest BCUT2D eigenvalue weighted by molar-refractivity contribution is 5.14. The zero-order valence-electron chi connectivity index (χ0n) is 9.79. The Morgan fingerprint density at radius 2 is 1.73 bits per heavy atom. The largest absolute Gasteiger partial charge is 0.317 e. The van der Waals surface area contributed by atoms with Gasteiger partial charge in [0.15, 0.2) is 0 Å². The minimum Gasteiger partial charge on any atom is -0.317 e. The lowest BCUT2D eigenvalue weighted by molar-refractivity contribution is 0.479. The molecule has 0 spiro atoms. The fourth-order valence-electron chi connectivity index (χ4n) is 1.52. The maximum absolute atomic E-state index is 3.47. The van der Waals surface area contributed by atoms with Crippen molar-refractivity contribution < 1.29 is 0 Å². The van der Waals surface area contributed by atoms with Crippen LogP contribution >= 0.6 is 0 Å². The summed E-state index contributed by atoms with van der Waals surface area (Å²) in [5, 5.41) is 6.83. The van der Waals surface area contributed by atoms with Crippen LogP contribution in [0.2, 0.25) is 0 Å². The average molecular weight is 206 g/mol. The van der Waals surface area contributed by atoms with Crippen molar-refractivity contribution in [3.8, 4) is 0 Å². The van der Waals surface area contributed by atoms with Crippen LogP contribution in [0.5, 0.6) is 0 Å². The van der Waals surface area contributed by atoms with Gasteiger partial charge in [0.2, 0.25) is 0 Å². The minimum absolute atomic E-state index is 0.689. The van der Waals surface area contributed by atoms with Gasteiger partial charge in [-0.25, -0.2) is 0 Å². The molecule has 2 heteroatoms. The first-order chi connectivity index (χ1) is 7.33. The third-order valence-electron chi connectivity index (χ3n) is 2.41. The van der Waals surface area contributed by atoms with E-state index in [1.54, 1.807) is 0 Å². The molecule has 0 aliphatic carbocycles. The van der Waals surface area contributed by atoms with Gasteiger partial charge in [0.1, 0.15) is 0 Å². The zero-order valence-corrected chi connectivity index (χ0v) is 9.79. The molecule has 2 N–H and O–H groups in total. The lowest BCUT2D eigenvalue weighted by Gasteiger charge is -2.12. The highest BCUT2D eigenvalue weighted by atomic mass is 14.9.